The van der Waals surface area contributed by atoms with Gasteiger partial charge in [0.25, 0.3) is 17.7 Å². The number of hydrazine groups is 1. The molecule has 0 fully saturated rings. The molecule has 0 aromatic heterocycles. The average Bonchev–Trinajstić information content (AvgIpc) is 2.78. The fourth-order valence-corrected chi connectivity index (χ4v) is 2.77. The van der Waals surface area contributed by atoms with E-state index >= 15 is 0 Å². The zero-order chi connectivity index (χ0) is 22.2. The Morgan fingerprint density at radius 1 is 0.839 bits per heavy atom. The summed E-state index contributed by atoms with van der Waals surface area (Å²) in [6.45, 7) is 1.59. The third-order valence-electron chi connectivity index (χ3n) is 4.29. The van der Waals surface area contributed by atoms with Crippen molar-refractivity contribution < 1.29 is 19.1 Å². The Kier molecular flexibility index (Phi) is 7.24. The lowest BCUT2D eigenvalue weighted by molar-refractivity contribution is -0.123. The molecular weight excluding hydrogens is 418 g/mol. The first-order chi connectivity index (χ1) is 14.9. The molecule has 3 rings (SSSR count). The fraction of sp³-hybridized carbons (Fsp3) is 0.0870. The van der Waals surface area contributed by atoms with Gasteiger partial charge in [0.2, 0.25) is 0 Å². The molecule has 3 amide bonds. The lowest BCUT2D eigenvalue weighted by atomic mass is 10.1. The number of anilines is 1. The minimum atomic E-state index is -0.523. The smallest absolute Gasteiger partial charge is 0.276 e. The van der Waals surface area contributed by atoms with Crippen LogP contribution in [0.5, 0.6) is 5.75 Å². The summed E-state index contributed by atoms with van der Waals surface area (Å²) in [5.41, 5.74) is 6.89. The molecule has 0 heterocycles. The number of benzene rings is 3. The highest BCUT2D eigenvalue weighted by atomic mass is 35.5. The monoisotopic (exact) mass is 437 g/mol. The van der Waals surface area contributed by atoms with Crippen molar-refractivity contribution in [1.29, 1.82) is 0 Å². The molecule has 8 heteroatoms. The van der Waals surface area contributed by atoms with E-state index in [1.165, 1.54) is 0 Å². The number of hydrogen-bond acceptors (Lipinski definition) is 4. The van der Waals surface area contributed by atoms with Crippen molar-refractivity contribution in [3.05, 3.63) is 94.5 Å². The highest BCUT2D eigenvalue weighted by Gasteiger charge is 2.11. The van der Waals surface area contributed by atoms with E-state index in [0.717, 1.165) is 5.56 Å². The fourth-order valence-electron chi connectivity index (χ4n) is 2.65. The van der Waals surface area contributed by atoms with Crippen molar-refractivity contribution in [1.82, 2.24) is 10.9 Å². The Balaban J connectivity index is 1.47. The first kappa shape index (κ1) is 21.9. The number of aryl methyl sites for hydroxylation is 1. The molecule has 0 unspecified atom stereocenters. The number of rotatable bonds is 6. The number of halogens is 1. The van der Waals surface area contributed by atoms with E-state index < -0.39 is 11.8 Å². The summed E-state index contributed by atoms with van der Waals surface area (Å²) >= 11 is 5.78. The number of amides is 3. The summed E-state index contributed by atoms with van der Waals surface area (Å²) < 4.78 is 5.30. The van der Waals surface area contributed by atoms with Crippen LogP contribution in [0, 0.1) is 6.92 Å². The Hall–Kier alpha value is -3.84. The van der Waals surface area contributed by atoms with Crippen LogP contribution < -0.4 is 20.9 Å². The van der Waals surface area contributed by atoms with Crippen LogP contribution in [-0.2, 0) is 4.79 Å². The quantitative estimate of drug-likeness (QED) is 0.512. The summed E-state index contributed by atoms with van der Waals surface area (Å²) in [6.07, 6.45) is 0. The summed E-state index contributed by atoms with van der Waals surface area (Å²) in [7, 11) is 0. The molecule has 0 aliphatic heterocycles. The molecule has 0 spiro atoms. The second-order valence-electron chi connectivity index (χ2n) is 6.59. The topological polar surface area (TPSA) is 96.5 Å². The second kappa shape index (κ2) is 10.3. The van der Waals surface area contributed by atoms with Crippen LogP contribution in [-0.4, -0.2) is 24.3 Å². The molecule has 3 N–H and O–H groups in total. The van der Waals surface area contributed by atoms with Crippen molar-refractivity contribution in [2.75, 3.05) is 11.9 Å². The summed E-state index contributed by atoms with van der Waals surface area (Å²) in [5.74, 6) is -0.778. The van der Waals surface area contributed by atoms with Crippen LogP contribution in [0.4, 0.5) is 5.69 Å². The zero-order valence-corrected chi connectivity index (χ0v) is 17.4. The SMILES string of the molecule is Cc1ccccc1C(=O)Nc1ccc(C(=O)NNC(=O)COc2ccc(Cl)cc2)cc1. The molecule has 0 aliphatic carbocycles. The van der Waals surface area contributed by atoms with Crippen LogP contribution in [0.1, 0.15) is 26.3 Å². The van der Waals surface area contributed by atoms with Crippen molar-refractivity contribution in [2.45, 2.75) is 6.92 Å². The number of nitrogens with one attached hydrogen (secondary N) is 3. The minimum absolute atomic E-state index is 0.233. The van der Waals surface area contributed by atoms with E-state index in [-0.39, 0.29) is 12.5 Å². The second-order valence-corrected chi connectivity index (χ2v) is 7.03. The summed E-state index contributed by atoms with van der Waals surface area (Å²) in [5, 5.41) is 3.35. The third kappa shape index (κ3) is 6.32. The van der Waals surface area contributed by atoms with Crippen LogP contribution in [0.25, 0.3) is 0 Å². The molecule has 0 saturated carbocycles. The summed E-state index contributed by atoms with van der Waals surface area (Å²) in [6, 6.07) is 20.1. The molecule has 0 bridgehead atoms. The van der Waals surface area contributed by atoms with Gasteiger partial charge in [0.1, 0.15) is 5.75 Å². The van der Waals surface area contributed by atoms with Gasteiger partial charge < -0.3 is 10.1 Å². The van der Waals surface area contributed by atoms with Crippen molar-refractivity contribution in [2.24, 2.45) is 0 Å². The molecule has 3 aromatic carbocycles. The van der Waals surface area contributed by atoms with Gasteiger partial charge >= 0.3 is 0 Å². The molecule has 3 aromatic rings. The van der Waals surface area contributed by atoms with Gasteiger partial charge in [0.05, 0.1) is 0 Å². The van der Waals surface area contributed by atoms with Gasteiger partial charge in [-0.05, 0) is 67.1 Å². The molecule has 0 radical (unpaired) electrons. The highest BCUT2D eigenvalue weighted by Crippen LogP contribution is 2.15. The van der Waals surface area contributed by atoms with E-state index in [1.54, 1.807) is 60.7 Å². The number of ether oxygens (including phenoxy) is 1. The van der Waals surface area contributed by atoms with Gasteiger partial charge in [-0.1, -0.05) is 29.8 Å². The minimum Gasteiger partial charge on any atom is -0.484 e. The lowest BCUT2D eigenvalue weighted by Gasteiger charge is -2.10. The van der Waals surface area contributed by atoms with Gasteiger partial charge in [-0.2, -0.15) is 0 Å². The van der Waals surface area contributed by atoms with Crippen molar-refractivity contribution >= 4 is 35.0 Å². The van der Waals surface area contributed by atoms with Crippen molar-refractivity contribution in [3.63, 3.8) is 0 Å². The van der Waals surface area contributed by atoms with Crippen LogP contribution >= 0.6 is 11.6 Å². The van der Waals surface area contributed by atoms with Gasteiger partial charge in [0.15, 0.2) is 6.61 Å². The normalized spacial score (nSPS) is 10.1. The van der Waals surface area contributed by atoms with Crippen LogP contribution in [0.2, 0.25) is 5.02 Å². The van der Waals surface area contributed by atoms with E-state index in [9.17, 15) is 14.4 Å². The van der Waals surface area contributed by atoms with Gasteiger partial charge in [-0.25, -0.2) is 0 Å². The standard InChI is InChI=1S/C23H20ClN3O4/c1-15-4-2-3-5-20(15)23(30)25-18-10-6-16(7-11-18)22(29)27-26-21(28)14-31-19-12-8-17(24)9-13-19/h2-13H,14H2,1H3,(H,25,30)(H,26,28)(H,27,29). The maximum Gasteiger partial charge on any atom is 0.276 e. The summed E-state index contributed by atoms with van der Waals surface area (Å²) in [4.78, 5) is 36.4. The van der Waals surface area contributed by atoms with Crippen molar-refractivity contribution in [3.8, 4) is 5.75 Å². The number of hydrogen-bond donors (Lipinski definition) is 3. The van der Waals surface area contributed by atoms with Crippen LogP contribution in [0.3, 0.4) is 0 Å². The predicted molar refractivity (Wildman–Crippen MR) is 118 cm³/mol. The lowest BCUT2D eigenvalue weighted by Crippen LogP contribution is -2.43. The molecule has 0 aliphatic rings. The zero-order valence-electron chi connectivity index (χ0n) is 16.6. The Morgan fingerprint density at radius 3 is 2.19 bits per heavy atom. The van der Waals surface area contributed by atoms with Gasteiger partial charge in [0, 0.05) is 21.8 Å². The average molecular weight is 438 g/mol. The Bertz CT molecular complexity index is 1080. The maximum atomic E-state index is 12.4. The maximum absolute atomic E-state index is 12.4. The highest BCUT2D eigenvalue weighted by molar-refractivity contribution is 6.30. The molecule has 31 heavy (non-hydrogen) atoms. The molecule has 0 atom stereocenters. The largest absolute Gasteiger partial charge is 0.484 e. The number of carbonyl (C=O) groups is 3. The number of carbonyl (C=O) groups excluding carboxylic acids is 3. The molecule has 7 nitrogen and oxygen atoms in total. The predicted octanol–water partition coefficient (Wildman–Crippen LogP) is 3.74. The Morgan fingerprint density at radius 2 is 1.52 bits per heavy atom. The van der Waals surface area contributed by atoms with E-state index in [1.807, 2.05) is 19.1 Å². The molecule has 0 saturated heterocycles. The van der Waals surface area contributed by atoms with Gasteiger partial charge in [-0.3, -0.25) is 25.2 Å². The van der Waals surface area contributed by atoms with E-state index in [4.69, 9.17) is 16.3 Å². The van der Waals surface area contributed by atoms with Gasteiger partial charge in [-0.15, -0.1) is 0 Å². The van der Waals surface area contributed by atoms with Crippen LogP contribution in [0.15, 0.2) is 72.8 Å². The third-order valence-corrected chi connectivity index (χ3v) is 4.55. The van der Waals surface area contributed by atoms with E-state index in [0.29, 0.717) is 27.6 Å². The first-order valence-corrected chi connectivity index (χ1v) is 9.75. The first-order valence-electron chi connectivity index (χ1n) is 9.37. The molecular formula is C23H20ClN3O4. The molecule has 158 valence electrons. The van der Waals surface area contributed by atoms with E-state index in [2.05, 4.69) is 16.2 Å². The Labute approximate surface area is 184 Å².